The number of hydrogen-bond acceptors (Lipinski definition) is 3. The number of benzene rings is 2. The molecule has 0 saturated heterocycles. The molecule has 0 spiro atoms. The molecular formula is C17H9Cl2FN2O. The molecule has 0 aromatic heterocycles. The van der Waals surface area contributed by atoms with E-state index in [1.165, 1.54) is 36.4 Å². The fraction of sp³-hybridized carbons (Fsp3) is 0.0588. The number of nitrogens with zero attached hydrogens (tertiary/aromatic N) is 2. The maximum Gasteiger partial charge on any atom is 0.130 e. The van der Waals surface area contributed by atoms with Crippen molar-refractivity contribution in [3.05, 3.63) is 69.0 Å². The van der Waals surface area contributed by atoms with E-state index >= 15 is 0 Å². The van der Waals surface area contributed by atoms with E-state index in [4.69, 9.17) is 38.5 Å². The molecule has 2 aromatic carbocycles. The van der Waals surface area contributed by atoms with Gasteiger partial charge in [0.05, 0.1) is 0 Å². The van der Waals surface area contributed by atoms with Crippen LogP contribution in [0.3, 0.4) is 0 Å². The van der Waals surface area contributed by atoms with Crippen LogP contribution in [-0.2, 0) is 6.61 Å². The largest absolute Gasteiger partial charge is 0.489 e. The van der Waals surface area contributed by atoms with Crippen LogP contribution in [0.2, 0.25) is 10.0 Å². The SMILES string of the molecule is N#CC(C#N)=Cc1c(Cl)cc(Cl)cc1COc1ccc(F)cc1. The van der Waals surface area contributed by atoms with Gasteiger partial charge < -0.3 is 4.74 Å². The average Bonchev–Trinajstić information content (AvgIpc) is 2.53. The predicted octanol–water partition coefficient (Wildman–Crippen LogP) is 5.14. The van der Waals surface area contributed by atoms with Crippen molar-refractivity contribution in [3.8, 4) is 17.9 Å². The van der Waals surface area contributed by atoms with Gasteiger partial charge in [-0.05, 0) is 48.0 Å². The van der Waals surface area contributed by atoms with E-state index in [0.29, 0.717) is 26.9 Å². The summed E-state index contributed by atoms with van der Waals surface area (Å²) in [6.45, 7) is 0.0991. The zero-order chi connectivity index (χ0) is 16.8. The molecule has 0 amide bonds. The van der Waals surface area contributed by atoms with Gasteiger partial charge in [0.15, 0.2) is 0 Å². The zero-order valence-electron chi connectivity index (χ0n) is 11.7. The predicted molar refractivity (Wildman–Crippen MR) is 86.4 cm³/mol. The molecule has 2 aromatic rings. The topological polar surface area (TPSA) is 56.8 Å². The van der Waals surface area contributed by atoms with Crippen molar-refractivity contribution >= 4 is 29.3 Å². The van der Waals surface area contributed by atoms with Crippen LogP contribution in [0.15, 0.2) is 42.0 Å². The van der Waals surface area contributed by atoms with Gasteiger partial charge >= 0.3 is 0 Å². The van der Waals surface area contributed by atoms with E-state index < -0.39 is 0 Å². The van der Waals surface area contributed by atoms with E-state index in [-0.39, 0.29) is 18.0 Å². The third kappa shape index (κ3) is 4.47. The molecule has 0 fully saturated rings. The highest BCUT2D eigenvalue weighted by Crippen LogP contribution is 2.28. The van der Waals surface area contributed by atoms with Gasteiger partial charge in [-0.25, -0.2) is 4.39 Å². The quantitative estimate of drug-likeness (QED) is 0.720. The van der Waals surface area contributed by atoms with Crippen molar-refractivity contribution in [3.63, 3.8) is 0 Å². The monoisotopic (exact) mass is 346 g/mol. The first-order chi connectivity index (χ1) is 11.0. The molecule has 2 rings (SSSR count). The highest BCUT2D eigenvalue weighted by Gasteiger charge is 2.10. The van der Waals surface area contributed by atoms with Crippen molar-refractivity contribution < 1.29 is 9.13 Å². The van der Waals surface area contributed by atoms with Crippen LogP contribution in [0.1, 0.15) is 11.1 Å². The standard InChI is InChI=1S/C17H9Cl2FN2O/c18-13-6-12(10-23-15-3-1-14(20)2-4-15)16(17(19)7-13)5-11(8-21)9-22/h1-7H,10H2. The minimum Gasteiger partial charge on any atom is -0.489 e. The molecule has 114 valence electrons. The Kier molecular flexibility index (Phi) is 5.60. The molecule has 3 nitrogen and oxygen atoms in total. The summed E-state index contributed by atoms with van der Waals surface area (Å²) in [6, 6.07) is 12.3. The molecule has 0 N–H and O–H groups in total. The molecule has 0 saturated carbocycles. The highest BCUT2D eigenvalue weighted by molar-refractivity contribution is 6.35. The first-order valence-corrected chi connectivity index (χ1v) is 7.17. The third-order valence-electron chi connectivity index (χ3n) is 2.92. The van der Waals surface area contributed by atoms with Gasteiger partial charge in [-0.1, -0.05) is 23.2 Å². The van der Waals surface area contributed by atoms with Gasteiger partial charge in [0, 0.05) is 15.6 Å². The molecule has 0 heterocycles. The van der Waals surface area contributed by atoms with Gasteiger partial charge in [0.1, 0.15) is 35.9 Å². The minimum absolute atomic E-state index is 0.0859. The summed E-state index contributed by atoms with van der Waals surface area (Å²) in [5, 5.41) is 18.5. The first kappa shape index (κ1) is 16.8. The lowest BCUT2D eigenvalue weighted by Gasteiger charge is -2.11. The Morgan fingerprint density at radius 3 is 2.39 bits per heavy atom. The lowest BCUT2D eigenvalue weighted by Crippen LogP contribution is -1.99. The van der Waals surface area contributed by atoms with Crippen molar-refractivity contribution in [1.82, 2.24) is 0 Å². The summed E-state index contributed by atoms with van der Waals surface area (Å²) in [7, 11) is 0. The molecule has 0 aliphatic heterocycles. The number of rotatable bonds is 4. The minimum atomic E-state index is -0.362. The van der Waals surface area contributed by atoms with Gasteiger partial charge in [-0.3, -0.25) is 0 Å². The normalized spacial score (nSPS) is 9.61. The first-order valence-electron chi connectivity index (χ1n) is 6.41. The van der Waals surface area contributed by atoms with E-state index in [2.05, 4.69) is 0 Å². The smallest absolute Gasteiger partial charge is 0.130 e. The van der Waals surface area contributed by atoms with E-state index in [1.807, 2.05) is 0 Å². The maximum atomic E-state index is 12.9. The van der Waals surface area contributed by atoms with Crippen LogP contribution in [0.5, 0.6) is 5.75 Å². The highest BCUT2D eigenvalue weighted by atomic mass is 35.5. The second kappa shape index (κ2) is 7.65. The number of allylic oxidation sites excluding steroid dienone is 1. The van der Waals surface area contributed by atoms with Crippen molar-refractivity contribution in [2.75, 3.05) is 0 Å². The molecule has 0 unspecified atom stereocenters. The van der Waals surface area contributed by atoms with Gasteiger partial charge in [0.2, 0.25) is 0 Å². The number of halogens is 3. The van der Waals surface area contributed by atoms with Crippen LogP contribution in [0.4, 0.5) is 4.39 Å². The Balaban J connectivity index is 2.34. The zero-order valence-corrected chi connectivity index (χ0v) is 13.2. The van der Waals surface area contributed by atoms with Gasteiger partial charge in [-0.2, -0.15) is 10.5 Å². The second-order valence-corrected chi connectivity index (χ2v) is 5.33. The fourth-order valence-electron chi connectivity index (χ4n) is 1.84. The summed E-state index contributed by atoms with van der Waals surface area (Å²) < 4.78 is 18.4. The van der Waals surface area contributed by atoms with Crippen LogP contribution >= 0.6 is 23.2 Å². The van der Waals surface area contributed by atoms with Crippen LogP contribution < -0.4 is 4.74 Å². The van der Waals surface area contributed by atoms with Crippen LogP contribution in [-0.4, -0.2) is 0 Å². The van der Waals surface area contributed by atoms with Crippen LogP contribution in [0, 0.1) is 28.5 Å². The molecule has 23 heavy (non-hydrogen) atoms. The Labute approximate surface area is 142 Å². The van der Waals surface area contributed by atoms with Gasteiger partial charge in [0.25, 0.3) is 0 Å². The maximum absolute atomic E-state index is 12.9. The summed E-state index contributed by atoms with van der Waals surface area (Å²) in [5.74, 6) is 0.109. The Bertz CT molecular complexity index is 817. The number of nitriles is 2. The number of hydrogen-bond donors (Lipinski definition) is 0. The molecule has 6 heteroatoms. The summed E-state index contributed by atoms with van der Waals surface area (Å²) in [5.41, 5.74) is 1.00. The lowest BCUT2D eigenvalue weighted by molar-refractivity contribution is 0.305. The van der Waals surface area contributed by atoms with E-state index in [1.54, 1.807) is 18.2 Å². The summed E-state index contributed by atoms with van der Waals surface area (Å²) in [4.78, 5) is 0. The molecular weight excluding hydrogens is 338 g/mol. The van der Waals surface area contributed by atoms with Gasteiger partial charge in [-0.15, -0.1) is 0 Å². The molecule has 0 aliphatic carbocycles. The van der Waals surface area contributed by atoms with Crippen molar-refractivity contribution in [2.24, 2.45) is 0 Å². The molecule has 0 aliphatic rings. The Morgan fingerprint density at radius 2 is 1.78 bits per heavy atom. The molecule has 0 radical (unpaired) electrons. The Hall–Kier alpha value is -2.53. The summed E-state index contributed by atoms with van der Waals surface area (Å²) in [6.07, 6.45) is 1.38. The second-order valence-electron chi connectivity index (χ2n) is 4.48. The summed E-state index contributed by atoms with van der Waals surface area (Å²) >= 11 is 12.1. The average molecular weight is 347 g/mol. The van der Waals surface area contributed by atoms with E-state index in [0.717, 1.165) is 0 Å². The Morgan fingerprint density at radius 1 is 1.13 bits per heavy atom. The lowest BCUT2D eigenvalue weighted by atomic mass is 10.1. The van der Waals surface area contributed by atoms with Crippen LogP contribution in [0.25, 0.3) is 6.08 Å². The fourth-order valence-corrected chi connectivity index (χ4v) is 2.44. The molecule has 0 bridgehead atoms. The van der Waals surface area contributed by atoms with E-state index in [9.17, 15) is 4.39 Å². The van der Waals surface area contributed by atoms with Crippen molar-refractivity contribution in [1.29, 1.82) is 10.5 Å². The number of ether oxygens (including phenoxy) is 1. The third-order valence-corrected chi connectivity index (χ3v) is 3.45. The van der Waals surface area contributed by atoms with Crippen molar-refractivity contribution in [2.45, 2.75) is 6.61 Å². The molecule has 0 atom stereocenters.